The highest BCUT2D eigenvalue weighted by molar-refractivity contribution is 8.76. The number of pyridine rings is 1. The number of phenols is 2. The number of rotatable bonds is 14. The number of methoxy groups -OCH3 is 2. The van der Waals surface area contributed by atoms with Crippen molar-refractivity contribution in [1.29, 1.82) is 0 Å². The second-order valence-corrected chi connectivity index (χ2v) is 19.3. The number of Topliss-reactive ketones (excluding diaryl/α,β-unsaturated/α-hetero) is 1. The van der Waals surface area contributed by atoms with Crippen LogP contribution in [-0.4, -0.2) is 193 Å². The van der Waals surface area contributed by atoms with E-state index in [9.17, 15) is 44.4 Å². The van der Waals surface area contributed by atoms with E-state index in [4.69, 9.17) is 33.2 Å². The van der Waals surface area contributed by atoms with E-state index in [-0.39, 0.29) is 102 Å². The van der Waals surface area contributed by atoms with Gasteiger partial charge in [-0.3, -0.25) is 24.3 Å². The number of likely N-dealkylation sites (N-methyl/N-ethyl adjacent to an activating group) is 2. The van der Waals surface area contributed by atoms with E-state index in [1.54, 1.807) is 13.3 Å². The minimum atomic E-state index is -2.11. The number of ether oxygens (including phenoxy) is 7. The lowest BCUT2D eigenvalue weighted by Crippen LogP contribution is -2.54. The smallest absolute Gasteiger partial charge is 0.409 e. The van der Waals surface area contributed by atoms with E-state index >= 15 is 0 Å². The monoisotopic (exact) mass is 1020 g/mol. The molecule has 380 valence electrons. The lowest BCUT2D eigenvalue weighted by atomic mass is 9.73. The molecule has 0 bridgehead atoms. The number of hydrogen-bond donors (Lipinski definition) is 4. The summed E-state index contributed by atoms with van der Waals surface area (Å²) in [4.78, 5) is 76.7. The molecule has 22 nitrogen and oxygen atoms in total. The molecule has 5 aliphatic rings. The highest BCUT2D eigenvalue weighted by Crippen LogP contribution is 2.48. The van der Waals surface area contributed by atoms with Gasteiger partial charge in [-0.1, -0.05) is 22.9 Å². The largest absolute Gasteiger partial charge is 0.870 e. The molecular weight excluding hydrogens is 959 g/mol. The van der Waals surface area contributed by atoms with Crippen LogP contribution in [0.5, 0.6) is 17.2 Å². The molecule has 0 radical (unpaired) electrons. The van der Waals surface area contributed by atoms with E-state index < -0.39 is 71.5 Å². The number of nitrogens with zero attached hydrogens (tertiary/aromatic N) is 4. The molecule has 4 heterocycles. The second kappa shape index (κ2) is 23.2. The molecular formula is C46H57N5O17S2. The average Bonchev–Trinajstić information content (AvgIpc) is 3.74. The Hall–Kier alpha value is -5.41. The van der Waals surface area contributed by atoms with E-state index in [0.29, 0.717) is 18.8 Å². The summed E-state index contributed by atoms with van der Waals surface area (Å²) in [5.41, 5.74) is -2.19. The predicted octanol–water partition coefficient (Wildman–Crippen LogP) is 2.73. The van der Waals surface area contributed by atoms with Crippen molar-refractivity contribution in [1.82, 2.24) is 14.7 Å². The van der Waals surface area contributed by atoms with Crippen LogP contribution >= 0.6 is 21.6 Å². The lowest BCUT2D eigenvalue weighted by Gasteiger charge is -2.39. The van der Waals surface area contributed by atoms with Gasteiger partial charge in [0.25, 0.3) is 0 Å². The third kappa shape index (κ3) is 11.2. The molecule has 24 heteroatoms. The van der Waals surface area contributed by atoms with Crippen LogP contribution in [0.3, 0.4) is 0 Å². The highest BCUT2D eigenvalue weighted by atomic mass is 33.1. The normalized spacial score (nSPS) is 24.2. The second-order valence-electron chi connectivity index (χ2n) is 16.9. The van der Waals surface area contributed by atoms with Crippen LogP contribution in [0, 0.1) is 0 Å². The number of hydrogen-bond acceptors (Lipinski definition) is 21. The van der Waals surface area contributed by atoms with E-state index in [1.807, 2.05) is 19.1 Å². The van der Waals surface area contributed by atoms with Crippen LogP contribution in [0.25, 0.3) is 0 Å². The number of aliphatic hydroxyl groups excluding tert-OH is 1. The Kier molecular flexibility index (Phi) is 17.9. The van der Waals surface area contributed by atoms with Gasteiger partial charge in [0.15, 0.2) is 37.4 Å². The summed E-state index contributed by atoms with van der Waals surface area (Å²) in [5, 5.41) is 44.3. The number of carbonyl (C=O) groups excluding carboxylic acids is 5. The van der Waals surface area contributed by atoms with Gasteiger partial charge >= 0.3 is 12.2 Å². The predicted molar refractivity (Wildman–Crippen MR) is 249 cm³/mol. The number of H-pyrrole nitrogens is 1. The van der Waals surface area contributed by atoms with Gasteiger partial charge in [-0.05, 0) is 38.6 Å². The summed E-state index contributed by atoms with van der Waals surface area (Å²) in [6.07, 6.45) is -1.34. The zero-order chi connectivity index (χ0) is 49.7. The van der Waals surface area contributed by atoms with Crippen molar-refractivity contribution in [2.24, 2.45) is 4.99 Å². The summed E-state index contributed by atoms with van der Waals surface area (Å²) in [7, 11) is 8.86. The van der Waals surface area contributed by atoms with Crippen LogP contribution in [-0.2, 0) is 46.1 Å². The van der Waals surface area contributed by atoms with E-state index in [2.05, 4.69) is 21.6 Å². The Morgan fingerprint density at radius 1 is 0.986 bits per heavy atom. The number of aromatic hydroxyl groups is 2. The number of fused-ring (bicyclic) bond motifs is 6. The SMILES string of the molecule is C=Nc1ccc(SSCCOC(=O)N(C)CCN(C)C(=O)OCC(=O)[C@@]2(O)CCc3c(O)c4c(c(O)c3C2)C(=O)c2cccc(OC)c2C4=O)[nH+]c1.CO[C@H]1OCCN2[C@@H]1O[C@@H]1[C@H](C)O[C@@H](O)C[C@@H]12.[OH-]. The lowest BCUT2D eigenvalue weighted by molar-refractivity contribution is -0.425. The average molecular weight is 1020 g/mol. The number of aliphatic imine (C=N–C) groups is 1. The van der Waals surface area contributed by atoms with Gasteiger partial charge in [0.1, 0.15) is 41.2 Å². The van der Waals surface area contributed by atoms with Crippen LogP contribution in [0.4, 0.5) is 15.3 Å². The van der Waals surface area contributed by atoms with Gasteiger partial charge in [-0.15, -0.1) is 0 Å². The zero-order valence-electron chi connectivity index (χ0n) is 39.2. The number of carbonyl (C=O) groups is 5. The van der Waals surface area contributed by atoms with Crippen molar-refractivity contribution in [2.75, 3.05) is 73.5 Å². The van der Waals surface area contributed by atoms with Crippen molar-refractivity contribution in [2.45, 2.75) is 80.3 Å². The molecule has 3 fully saturated rings. The maximum atomic E-state index is 13.5. The van der Waals surface area contributed by atoms with Crippen molar-refractivity contribution >= 4 is 63.5 Å². The summed E-state index contributed by atoms with van der Waals surface area (Å²) in [6.45, 7) is 6.34. The molecule has 70 heavy (non-hydrogen) atoms. The van der Waals surface area contributed by atoms with E-state index in [1.165, 1.54) is 65.9 Å². The highest BCUT2D eigenvalue weighted by Gasteiger charge is 2.53. The standard InChI is InChI=1S/C35H36N4O11S2.C11H19NO5.H2O/c1-36-19-8-9-25(37-17-19)52-51-15-14-49-33(45)38(2)12-13-39(3)34(46)50-18-24(40)35(47)11-10-20-22(16-35)31(43)27-28(29(20)41)32(44)26-21(30(27)42)6-5-7-23(26)48-4;1-6-9-7(5-8(13)16-6)12-3-4-15-11(14-2)10(12)17-9;/h5-9,17,41,43,47H,1,10-16,18H2,2-4H3;6-11,13H,3-5H2,1-2H3;1H2/t35-;6-,7-,8+,9+,10+,11-;/m10./s1. The fourth-order valence-corrected chi connectivity index (χ4v) is 10.6. The van der Waals surface area contributed by atoms with Crippen molar-refractivity contribution in [3.8, 4) is 17.2 Å². The molecule has 8 rings (SSSR count). The molecule has 2 aliphatic carbocycles. The van der Waals surface area contributed by atoms with Gasteiger partial charge in [-0.2, -0.15) is 0 Å². The quantitative estimate of drug-likeness (QED) is 0.0611. The number of ketones is 3. The number of aromatic amines is 1. The van der Waals surface area contributed by atoms with Gasteiger partial charge in [0.2, 0.25) is 16.6 Å². The Balaban J connectivity index is 0.000000372. The maximum Gasteiger partial charge on any atom is 0.409 e. The van der Waals surface area contributed by atoms with Crippen molar-refractivity contribution < 1.29 is 88.0 Å². The van der Waals surface area contributed by atoms with Gasteiger partial charge in [-0.25, -0.2) is 14.6 Å². The molecule has 1 aromatic heterocycles. The zero-order valence-corrected chi connectivity index (χ0v) is 40.8. The molecule has 3 aliphatic heterocycles. The first-order valence-electron chi connectivity index (χ1n) is 22.1. The molecule has 2 amide bonds. The van der Waals surface area contributed by atoms with Gasteiger partial charge in [0.05, 0.1) is 36.5 Å². The Morgan fingerprint density at radius 3 is 2.36 bits per heavy atom. The summed E-state index contributed by atoms with van der Waals surface area (Å²) in [6, 6.07) is 8.30. The minimum Gasteiger partial charge on any atom is -0.870 e. The topological polar surface area (TPSA) is 297 Å². The van der Waals surface area contributed by atoms with Crippen LogP contribution in [0.15, 0.2) is 46.5 Å². The first-order valence-corrected chi connectivity index (χ1v) is 24.4. The molecule has 3 aromatic rings. The van der Waals surface area contributed by atoms with Crippen LogP contribution in [0.2, 0.25) is 0 Å². The fraction of sp³-hybridized carbons (Fsp3) is 0.500. The summed E-state index contributed by atoms with van der Waals surface area (Å²) >= 11 is 0. The first kappa shape index (κ1) is 53.9. The number of amides is 2. The molecule has 0 unspecified atom stereocenters. The molecule has 3 saturated heterocycles. The number of aliphatic hydroxyl groups is 2. The maximum absolute atomic E-state index is 13.5. The van der Waals surface area contributed by atoms with Gasteiger partial charge < -0.3 is 68.9 Å². The third-order valence-electron chi connectivity index (χ3n) is 12.6. The van der Waals surface area contributed by atoms with Crippen LogP contribution in [0.1, 0.15) is 62.7 Å². The fourth-order valence-electron chi connectivity index (χ4n) is 8.89. The van der Waals surface area contributed by atoms with Crippen LogP contribution < -0.4 is 9.72 Å². The molecule has 7 atom stereocenters. The van der Waals surface area contributed by atoms with Gasteiger partial charge in [0, 0.05) is 99.0 Å². The molecule has 6 N–H and O–H groups in total. The number of benzene rings is 2. The Labute approximate surface area is 410 Å². The van der Waals surface area contributed by atoms with Crippen molar-refractivity contribution in [3.63, 3.8) is 0 Å². The third-order valence-corrected chi connectivity index (χ3v) is 14.9. The Morgan fingerprint density at radius 2 is 1.69 bits per heavy atom. The molecule has 0 spiro atoms. The summed E-state index contributed by atoms with van der Waals surface area (Å²) in [5.74, 6) is -2.78. The Bertz CT molecular complexity index is 2450. The minimum absolute atomic E-state index is 0. The summed E-state index contributed by atoms with van der Waals surface area (Å²) < 4.78 is 37.8. The number of morpholine rings is 1. The number of phenolic OH excluding ortho intramolecular Hbond substituents is 2. The molecule has 2 aromatic carbocycles. The van der Waals surface area contributed by atoms with E-state index in [0.717, 1.165) is 22.2 Å². The molecule has 0 saturated carbocycles. The number of aromatic nitrogens is 1. The van der Waals surface area contributed by atoms with Crippen molar-refractivity contribution in [3.05, 3.63) is 69.9 Å². The first-order chi connectivity index (χ1) is 33.0. The number of nitrogens with one attached hydrogen (secondary N) is 1.